The second-order valence-electron chi connectivity index (χ2n) is 11.1. The van der Waals surface area contributed by atoms with Gasteiger partial charge in [-0.25, -0.2) is 0 Å². The zero-order valence-corrected chi connectivity index (χ0v) is 22.5. The standard InChI is InChI=1S/C39H29N/c1-39-26-13-12-24-34(39)36(30-20-8-9-21-31(30)37(39)27-15-4-2-5-16-27)33-23-14-22-32-29-19-10-11-25-35(29)40(38(32)33)28-17-6-3-7-18-28/h2-25H,26H2,1H3. The highest BCUT2D eigenvalue weighted by atomic mass is 15.0. The monoisotopic (exact) mass is 511 g/mol. The van der Waals surface area contributed by atoms with Crippen LogP contribution in [0.15, 0.2) is 151 Å². The highest BCUT2D eigenvalue weighted by Gasteiger charge is 2.40. The van der Waals surface area contributed by atoms with Crippen LogP contribution in [-0.4, -0.2) is 4.57 Å². The highest BCUT2D eigenvalue weighted by molar-refractivity contribution is 6.13. The second kappa shape index (κ2) is 8.83. The third-order valence-electron chi connectivity index (χ3n) is 8.85. The van der Waals surface area contributed by atoms with Gasteiger partial charge in [0.25, 0.3) is 0 Å². The van der Waals surface area contributed by atoms with Gasteiger partial charge >= 0.3 is 0 Å². The van der Waals surface area contributed by atoms with Crippen molar-refractivity contribution >= 4 is 33.0 Å². The Balaban J connectivity index is 1.60. The summed E-state index contributed by atoms with van der Waals surface area (Å²) >= 11 is 0. The number of rotatable bonds is 3. The molecule has 0 fully saturated rings. The van der Waals surface area contributed by atoms with E-state index in [9.17, 15) is 0 Å². The summed E-state index contributed by atoms with van der Waals surface area (Å²) in [5.74, 6) is 0. The van der Waals surface area contributed by atoms with E-state index >= 15 is 0 Å². The molecule has 1 unspecified atom stereocenters. The molecule has 0 spiro atoms. The van der Waals surface area contributed by atoms with E-state index in [1.807, 2.05) is 0 Å². The fourth-order valence-corrected chi connectivity index (χ4v) is 7.15. The molecule has 0 radical (unpaired) electrons. The van der Waals surface area contributed by atoms with Crippen LogP contribution in [0.5, 0.6) is 0 Å². The Morgan fingerprint density at radius 1 is 0.625 bits per heavy atom. The summed E-state index contributed by atoms with van der Waals surface area (Å²) in [6.07, 6.45) is 7.92. The molecule has 1 heteroatoms. The zero-order valence-electron chi connectivity index (χ0n) is 22.5. The Hall–Kier alpha value is -4.88. The van der Waals surface area contributed by atoms with Gasteiger partial charge in [-0.1, -0.05) is 134 Å². The number of hydrogen-bond donors (Lipinski definition) is 0. The summed E-state index contributed by atoms with van der Waals surface area (Å²) < 4.78 is 2.46. The lowest BCUT2D eigenvalue weighted by atomic mass is 9.62. The molecule has 1 heterocycles. The van der Waals surface area contributed by atoms with E-state index < -0.39 is 0 Å². The van der Waals surface area contributed by atoms with Crippen LogP contribution in [0.4, 0.5) is 0 Å². The molecule has 0 saturated carbocycles. The fraction of sp³-hybridized carbons (Fsp3) is 0.0769. The maximum Gasteiger partial charge on any atom is 0.0619 e. The van der Waals surface area contributed by atoms with Crippen molar-refractivity contribution in [2.45, 2.75) is 13.3 Å². The number of fused-ring (bicyclic) bond motifs is 5. The molecule has 190 valence electrons. The molecule has 0 aliphatic heterocycles. The van der Waals surface area contributed by atoms with Gasteiger partial charge in [0, 0.05) is 27.4 Å². The van der Waals surface area contributed by atoms with Crippen LogP contribution < -0.4 is 10.4 Å². The summed E-state index contributed by atoms with van der Waals surface area (Å²) in [7, 11) is 0. The lowest BCUT2D eigenvalue weighted by Gasteiger charge is -2.40. The molecule has 1 atom stereocenters. The Labute approximate surface area is 234 Å². The lowest BCUT2D eigenvalue weighted by molar-refractivity contribution is 0.547. The van der Waals surface area contributed by atoms with Crippen LogP contribution in [0, 0.1) is 5.41 Å². The van der Waals surface area contributed by atoms with Crippen LogP contribution in [-0.2, 0) is 0 Å². The molecule has 0 saturated heterocycles. The third kappa shape index (κ3) is 3.21. The Bertz CT molecular complexity index is 2120. The van der Waals surface area contributed by atoms with Gasteiger partial charge in [-0.2, -0.15) is 0 Å². The van der Waals surface area contributed by atoms with Crippen molar-refractivity contribution in [2.24, 2.45) is 5.41 Å². The van der Waals surface area contributed by atoms with Crippen molar-refractivity contribution < 1.29 is 0 Å². The fourth-order valence-electron chi connectivity index (χ4n) is 7.15. The Morgan fingerprint density at radius 3 is 2.12 bits per heavy atom. The van der Waals surface area contributed by atoms with Crippen LogP contribution in [0.2, 0.25) is 0 Å². The van der Waals surface area contributed by atoms with E-state index in [4.69, 9.17) is 0 Å². The zero-order chi connectivity index (χ0) is 26.7. The van der Waals surface area contributed by atoms with Gasteiger partial charge in [0.15, 0.2) is 0 Å². The molecule has 8 rings (SSSR count). The molecule has 40 heavy (non-hydrogen) atoms. The largest absolute Gasteiger partial charge is 0.309 e. The average Bonchev–Trinajstić information content (AvgIpc) is 3.35. The SMILES string of the molecule is CC12CC=CC=C1C(c1cccc3c4ccccc4n(-c4ccccc4)c13)=c1ccccc1=C2c1ccccc1. The predicted molar refractivity (Wildman–Crippen MR) is 168 cm³/mol. The van der Waals surface area contributed by atoms with E-state index in [0.29, 0.717) is 0 Å². The predicted octanol–water partition coefficient (Wildman–Crippen LogP) is 8.09. The molecule has 1 aromatic heterocycles. The van der Waals surface area contributed by atoms with Gasteiger partial charge in [-0.05, 0) is 57.3 Å². The molecule has 5 aromatic carbocycles. The molecule has 2 aliphatic carbocycles. The van der Waals surface area contributed by atoms with Crippen molar-refractivity contribution in [3.8, 4) is 5.69 Å². The first-order valence-electron chi connectivity index (χ1n) is 14.1. The number of allylic oxidation sites excluding steroid dienone is 4. The molecule has 1 nitrogen and oxygen atoms in total. The first-order chi connectivity index (χ1) is 19.8. The van der Waals surface area contributed by atoms with Gasteiger partial charge in [0.1, 0.15) is 0 Å². The van der Waals surface area contributed by atoms with Gasteiger partial charge in [-0.15, -0.1) is 0 Å². The van der Waals surface area contributed by atoms with Crippen LogP contribution >= 0.6 is 0 Å². The van der Waals surface area contributed by atoms with Crippen LogP contribution in [0.1, 0.15) is 24.5 Å². The summed E-state index contributed by atoms with van der Waals surface area (Å²) in [6.45, 7) is 2.44. The van der Waals surface area contributed by atoms with Crippen LogP contribution in [0.25, 0.3) is 38.6 Å². The van der Waals surface area contributed by atoms with Crippen molar-refractivity contribution in [3.05, 3.63) is 173 Å². The minimum Gasteiger partial charge on any atom is -0.309 e. The van der Waals surface area contributed by atoms with Crippen molar-refractivity contribution in [2.75, 3.05) is 0 Å². The van der Waals surface area contributed by atoms with E-state index in [1.165, 1.54) is 65.8 Å². The number of para-hydroxylation sites is 3. The molecular weight excluding hydrogens is 482 g/mol. The first-order valence-corrected chi connectivity index (χ1v) is 14.1. The van der Waals surface area contributed by atoms with Gasteiger partial charge < -0.3 is 4.57 Å². The summed E-state index contributed by atoms with van der Waals surface area (Å²) in [4.78, 5) is 0. The maximum absolute atomic E-state index is 2.46. The third-order valence-corrected chi connectivity index (χ3v) is 8.85. The molecule has 0 N–H and O–H groups in total. The molecule has 0 amide bonds. The summed E-state index contributed by atoms with van der Waals surface area (Å²) in [5, 5.41) is 5.20. The normalized spacial score (nSPS) is 18.1. The Morgan fingerprint density at radius 2 is 1.30 bits per heavy atom. The lowest BCUT2D eigenvalue weighted by Crippen LogP contribution is -2.42. The number of aromatic nitrogens is 1. The van der Waals surface area contributed by atoms with E-state index in [1.54, 1.807) is 0 Å². The molecule has 0 bridgehead atoms. The minimum atomic E-state index is -0.147. The van der Waals surface area contributed by atoms with Gasteiger partial charge in [-0.3, -0.25) is 0 Å². The van der Waals surface area contributed by atoms with Crippen LogP contribution in [0.3, 0.4) is 0 Å². The molecule has 6 aromatic rings. The molecular formula is C39H29N. The van der Waals surface area contributed by atoms with Crippen molar-refractivity contribution in [1.29, 1.82) is 0 Å². The van der Waals surface area contributed by atoms with Crippen molar-refractivity contribution in [1.82, 2.24) is 4.57 Å². The number of hydrogen-bond acceptors (Lipinski definition) is 0. The Kier molecular flexibility index (Phi) is 5.09. The van der Waals surface area contributed by atoms with E-state index in [-0.39, 0.29) is 5.41 Å². The number of benzene rings is 5. The van der Waals surface area contributed by atoms with E-state index in [2.05, 4.69) is 157 Å². The van der Waals surface area contributed by atoms with E-state index in [0.717, 1.165) is 6.42 Å². The van der Waals surface area contributed by atoms with Crippen molar-refractivity contribution in [3.63, 3.8) is 0 Å². The summed E-state index contributed by atoms with van der Waals surface area (Å²) in [6, 6.07) is 46.5. The quantitative estimate of drug-likeness (QED) is 0.226. The topological polar surface area (TPSA) is 4.93 Å². The highest BCUT2D eigenvalue weighted by Crippen LogP contribution is 2.51. The summed E-state index contributed by atoms with van der Waals surface area (Å²) in [5.41, 5.74) is 10.3. The average molecular weight is 512 g/mol. The minimum absolute atomic E-state index is 0.147. The van der Waals surface area contributed by atoms with Gasteiger partial charge in [0.2, 0.25) is 0 Å². The van der Waals surface area contributed by atoms with Gasteiger partial charge in [0.05, 0.1) is 11.0 Å². The number of nitrogens with zero attached hydrogens (tertiary/aromatic N) is 1. The first kappa shape index (κ1) is 23.0. The molecule has 2 aliphatic rings. The maximum atomic E-state index is 2.46. The second-order valence-corrected chi connectivity index (χ2v) is 11.1. The smallest absolute Gasteiger partial charge is 0.0619 e.